The predicted octanol–water partition coefficient (Wildman–Crippen LogP) is 6.43. The van der Waals surface area contributed by atoms with E-state index in [1.54, 1.807) is 43.3 Å². The molecular weight excluding hydrogens is 501 g/mol. The number of thioether (sulfide) groups is 1. The lowest BCUT2D eigenvalue weighted by Gasteiger charge is -2.41. The van der Waals surface area contributed by atoms with Crippen LogP contribution in [0.3, 0.4) is 0 Å². The molecule has 36 heavy (non-hydrogen) atoms. The van der Waals surface area contributed by atoms with Crippen molar-refractivity contribution in [2.45, 2.75) is 43.2 Å². The summed E-state index contributed by atoms with van der Waals surface area (Å²) in [6.07, 6.45) is 6.01. The number of halogens is 2. The summed E-state index contributed by atoms with van der Waals surface area (Å²) in [4.78, 5) is 23.7. The van der Waals surface area contributed by atoms with Crippen LogP contribution < -0.4 is 4.74 Å². The second-order valence-electron chi connectivity index (χ2n) is 9.36. The number of hydrogen-bond acceptors (Lipinski definition) is 6. The lowest BCUT2D eigenvalue weighted by Crippen LogP contribution is -2.42. The summed E-state index contributed by atoms with van der Waals surface area (Å²) in [5.74, 6) is 0.723. The molecule has 0 unspecified atom stereocenters. The molecule has 1 N–H and O–H groups in total. The Morgan fingerprint density at radius 3 is 2.81 bits per heavy atom. The third-order valence-corrected chi connectivity index (χ3v) is 8.33. The van der Waals surface area contributed by atoms with E-state index in [-0.39, 0.29) is 17.9 Å². The van der Waals surface area contributed by atoms with Gasteiger partial charge in [0, 0.05) is 46.7 Å². The summed E-state index contributed by atoms with van der Waals surface area (Å²) < 4.78 is 21.0. The number of fused-ring (bicyclic) bond motifs is 1. The van der Waals surface area contributed by atoms with Crippen LogP contribution in [0.4, 0.5) is 4.39 Å². The number of pyridine rings is 2. The summed E-state index contributed by atoms with van der Waals surface area (Å²) >= 11 is 8.16. The number of alkyl halides is 1. The van der Waals surface area contributed by atoms with Gasteiger partial charge in [-0.3, -0.25) is 14.8 Å². The summed E-state index contributed by atoms with van der Waals surface area (Å²) in [6, 6.07) is 9.30. The fourth-order valence-electron chi connectivity index (χ4n) is 5.00. The highest BCUT2D eigenvalue weighted by atomic mass is 35.5. The van der Waals surface area contributed by atoms with Crippen LogP contribution >= 0.6 is 23.4 Å². The number of likely N-dealkylation sites (tertiary alicyclic amines) is 1. The second-order valence-corrected chi connectivity index (χ2v) is 10.9. The lowest BCUT2D eigenvalue weighted by atomic mass is 9.71. The van der Waals surface area contributed by atoms with Gasteiger partial charge in [0.2, 0.25) is 0 Å². The molecule has 0 amide bonds. The molecule has 2 aromatic heterocycles. The highest BCUT2D eigenvalue weighted by Crippen LogP contribution is 2.44. The first-order valence-corrected chi connectivity index (χ1v) is 13.5. The zero-order valence-corrected chi connectivity index (χ0v) is 21.9. The number of piperidine rings is 1. The van der Waals surface area contributed by atoms with Crippen molar-refractivity contribution in [3.05, 3.63) is 59.5 Å². The third-order valence-electron chi connectivity index (χ3n) is 7.06. The summed E-state index contributed by atoms with van der Waals surface area (Å²) in [7, 11) is 1.56. The van der Waals surface area contributed by atoms with Crippen molar-refractivity contribution in [2.24, 2.45) is 5.41 Å². The van der Waals surface area contributed by atoms with Crippen LogP contribution in [0.2, 0.25) is 5.02 Å². The Morgan fingerprint density at radius 1 is 1.31 bits per heavy atom. The van der Waals surface area contributed by atoms with Crippen LogP contribution in [0.15, 0.2) is 53.8 Å². The molecule has 1 atom stereocenters. The zero-order valence-electron chi connectivity index (χ0n) is 20.3. The number of carboxylic acids is 1. The minimum absolute atomic E-state index is 0.0522. The zero-order chi connectivity index (χ0) is 25.5. The Kier molecular flexibility index (Phi) is 9.04. The van der Waals surface area contributed by atoms with E-state index in [1.807, 2.05) is 18.3 Å². The molecule has 6 nitrogen and oxygen atoms in total. The van der Waals surface area contributed by atoms with E-state index in [2.05, 4.69) is 14.9 Å². The molecule has 0 bridgehead atoms. The van der Waals surface area contributed by atoms with Gasteiger partial charge in [0.15, 0.2) is 0 Å². The normalized spacial score (nSPS) is 16.6. The molecule has 3 heterocycles. The number of carboxylic acid groups (broad SMARTS) is 1. The number of methoxy groups -OCH3 is 1. The van der Waals surface area contributed by atoms with Gasteiger partial charge >= 0.3 is 5.97 Å². The maximum Gasteiger partial charge on any atom is 0.303 e. The minimum Gasteiger partial charge on any atom is -0.497 e. The van der Waals surface area contributed by atoms with Crippen LogP contribution in [-0.2, 0) is 4.79 Å². The molecule has 192 valence electrons. The van der Waals surface area contributed by atoms with Crippen molar-refractivity contribution in [2.75, 3.05) is 32.5 Å². The molecule has 1 aromatic carbocycles. The second kappa shape index (κ2) is 12.2. The molecule has 3 aromatic rings. The Morgan fingerprint density at radius 2 is 2.11 bits per heavy atom. The first-order chi connectivity index (χ1) is 17.4. The lowest BCUT2D eigenvalue weighted by molar-refractivity contribution is -0.141. The SMILES string of the molecule is COc1ccc2ncc(Cl)c([C@@H](F)CCC3(CC(=O)O)CCN(CCSc4cccnc4)CC3)c2c1. The molecule has 9 heteroatoms. The van der Waals surface area contributed by atoms with E-state index in [9.17, 15) is 9.90 Å². The number of aliphatic carboxylic acids is 1. The molecule has 1 fully saturated rings. The van der Waals surface area contributed by atoms with E-state index < -0.39 is 17.6 Å². The standard InChI is InChI=1S/C27H31ClFN3O3S/c1-35-19-4-5-24-21(15-19)26(22(28)18-31-24)23(29)6-7-27(16-25(33)34)8-11-32(12-9-27)13-14-36-20-3-2-10-30-17-20/h2-5,10,15,17-18,23H,6-9,11-14,16H2,1H3,(H,33,34)/t23-/m0/s1. The first kappa shape index (κ1) is 26.6. The molecule has 1 saturated heterocycles. The smallest absolute Gasteiger partial charge is 0.303 e. The number of rotatable bonds is 11. The van der Waals surface area contributed by atoms with Crippen molar-refractivity contribution >= 4 is 40.2 Å². The maximum absolute atomic E-state index is 15.7. The van der Waals surface area contributed by atoms with Gasteiger partial charge in [-0.05, 0) is 74.5 Å². The Labute approximate surface area is 220 Å². The topological polar surface area (TPSA) is 75.6 Å². The van der Waals surface area contributed by atoms with Crippen LogP contribution in [0, 0.1) is 5.41 Å². The fraction of sp³-hybridized carbons (Fsp3) is 0.444. The fourth-order valence-corrected chi connectivity index (χ4v) is 6.17. The first-order valence-electron chi connectivity index (χ1n) is 12.1. The van der Waals surface area contributed by atoms with Crippen LogP contribution in [0.25, 0.3) is 10.9 Å². The third kappa shape index (κ3) is 6.66. The molecule has 4 rings (SSSR count). The molecule has 1 aliphatic rings. The van der Waals surface area contributed by atoms with Gasteiger partial charge in [0.1, 0.15) is 11.9 Å². The summed E-state index contributed by atoms with van der Waals surface area (Å²) in [5, 5.41) is 10.5. The quantitative estimate of drug-likeness (QED) is 0.286. The Hall–Kier alpha value is -2.42. The van der Waals surface area contributed by atoms with E-state index in [1.165, 1.54) is 6.20 Å². The van der Waals surface area contributed by atoms with E-state index in [0.717, 1.165) is 43.1 Å². The molecule has 0 spiro atoms. The van der Waals surface area contributed by atoms with Crippen molar-refractivity contribution in [3.63, 3.8) is 0 Å². The van der Waals surface area contributed by atoms with Crippen molar-refractivity contribution in [1.82, 2.24) is 14.9 Å². The Balaban J connectivity index is 1.39. The van der Waals surface area contributed by atoms with Crippen molar-refractivity contribution < 1.29 is 19.0 Å². The van der Waals surface area contributed by atoms with Gasteiger partial charge in [-0.1, -0.05) is 11.6 Å². The number of hydrogen-bond donors (Lipinski definition) is 1. The van der Waals surface area contributed by atoms with Gasteiger partial charge in [0.25, 0.3) is 0 Å². The molecule has 1 aliphatic heterocycles. The minimum atomic E-state index is -1.32. The molecular formula is C27H31ClFN3O3S. The average molecular weight is 532 g/mol. The number of benzene rings is 1. The maximum atomic E-state index is 15.7. The predicted molar refractivity (Wildman–Crippen MR) is 142 cm³/mol. The monoisotopic (exact) mass is 531 g/mol. The van der Waals surface area contributed by atoms with Gasteiger partial charge < -0.3 is 14.7 Å². The van der Waals surface area contributed by atoms with Crippen LogP contribution in [0.5, 0.6) is 5.75 Å². The highest BCUT2D eigenvalue weighted by molar-refractivity contribution is 7.99. The molecule has 0 saturated carbocycles. The largest absolute Gasteiger partial charge is 0.497 e. The van der Waals surface area contributed by atoms with E-state index in [0.29, 0.717) is 28.6 Å². The molecule has 0 radical (unpaired) electrons. The average Bonchev–Trinajstić information content (AvgIpc) is 2.88. The van der Waals surface area contributed by atoms with Crippen molar-refractivity contribution in [3.8, 4) is 5.75 Å². The van der Waals surface area contributed by atoms with Crippen molar-refractivity contribution in [1.29, 1.82) is 0 Å². The number of ether oxygens (including phenoxy) is 1. The van der Waals surface area contributed by atoms with E-state index in [4.69, 9.17) is 16.3 Å². The van der Waals surface area contributed by atoms with Gasteiger partial charge in [-0.25, -0.2) is 4.39 Å². The molecule has 0 aliphatic carbocycles. The Bertz CT molecular complexity index is 1180. The van der Waals surface area contributed by atoms with E-state index >= 15 is 4.39 Å². The van der Waals surface area contributed by atoms with Gasteiger partial charge in [0.05, 0.1) is 24.1 Å². The number of aromatic nitrogens is 2. The summed E-state index contributed by atoms with van der Waals surface area (Å²) in [6.45, 7) is 2.55. The summed E-state index contributed by atoms with van der Waals surface area (Å²) in [5.41, 5.74) is 0.627. The van der Waals surface area contributed by atoms with Crippen LogP contribution in [-0.4, -0.2) is 58.4 Å². The highest BCUT2D eigenvalue weighted by Gasteiger charge is 2.37. The number of nitrogens with zero attached hydrogens (tertiary/aromatic N) is 3. The van der Waals surface area contributed by atoms with Gasteiger partial charge in [-0.15, -0.1) is 11.8 Å². The number of carbonyl (C=O) groups is 1. The van der Waals surface area contributed by atoms with Gasteiger partial charge in [-0.2, -0.15) is 0 Å². The van der Waals surface area contributed by atoms with Crippen LogP contribution in [0.1, 0.15) is 43.8 Å².